The van der Waals surface area contributed by atoms with Crippen LogP contribution in [0.2, 0.25) is 0 Å². The number of hydrogen-bond donors (Lipinski definition) is 1. The lowest BCUT2D eigenvalue weighted by atomic mass is 10.4. The van der Waals surface area contributed by atoms with Crippen molar-refractivity contribution >= 4 is 0 Å². The molecule has 1 N–H and O–H groups in total. The molecule has 4 nitrogen and oxygen atoms in total. The topological polar surface area (TPSA) is 52.2 Å². The maximum atomic E-state index is 8.59. The highest BCUT2D eigenvalue weighted by Crippen LogP contribution is 2.05. The molecule has 0 spiro atoms. The molecule has 1 aromatic rings. The molecule has 16 heavy (non-hydrogen) atoms. The van der Waals surface area contributed by atoms with Gasteiger partial charge in [-0.3, -0.25) is 0 Å². The summed E-state index contributed by atoms with van der Waals surface area (Å²) in [6.07, 6.45) is 0. The van der Waals surface area contributed by atoms with E-state index in [0.29, 0.717) is 12.3 Å². The van der Waals surface area contributed by atoms with Gasteiger partial charge in [-0.25, -0.2) is 0 Å². The van der Waals surface area contributed by atoms with Crippen molar-refractivity contribution in [3.8, 4) is 6.07 Å². The van der Waals surface area contributed by atoms with Crippen LogP contribution in [-0.4, -0.2) is 31.1 Å². The lowest BCUT2D eigenvalue weighted by molar-refractivity contribution is 0.300. The fraction of sp³-hybridized carbons (Fsp3) is 0.583. The zero-order valence-corrected chi connectivity index (χ0v) is 9.99. The van der Waals surface area contributed by atoms with Crippen LogP contribution >= 0.6 is 0 Å². The minimum atomic E-state index is 0.376. The summed E-state index contributed by atoms with van der Waals surface area (Å²) in [6.45, 7) is 9.14. The van der Waals surface area contributed by atoms with Crippen molar-refractivity contribution in [2.75, 3.05) is 26.2 Å². The predicted octanol–water partition coefficient (Wildman–Crippen LogP) is 1.58. The van der Waals surface area contributed by atoms with Crippen LogP contribution in [0.5, 0.6) is 0 Å². The van der Waals surface area contributed by atoms with Crippen molar-refractivity contribution in [3.05, 3.63) is 23.7 Å². The molecule has 0 aliphatic carbocycles. The zero-order chi connectivity index (χ0) is 11.8. The molecule has 88 valence electrons. The third kappa shape index (κ3) is 4.05. The molecule has 0 saturated heterocycles. The summed E-state index contributed by atoms with van der Waals surface area (Å²) in [5.74, 6) is 1.19. The van der Waals surface area contributed by atoms with Gasteiger partial charge < -0.3 is 14.6 Å². The SMILES string of the molecule is CCN(CC)CCNCc1ccc(C#N)o1. The zero-order valence-electron chi connectivity index (χ0n) is 9.99. The highest BCUT2D eigenvalue weighted by atomic mass is 16.3. The minimum Gasteiger partial charge on any atom is -0.449 e. The van der Waals surface area contributed by atoms with E-state index >= 15 is 0 Å². The molecular formula is C12H19N3O. The Balaban J connectivity index is 2.18. The Morgan fingerprint density at radius 1 is 1.38 bits per heavy atom. The first-order valence-corrected chi connectivity index (χ1v) is 5.72. The summed E-state index contributed by atoms with van der Waals surface area (Å²) >= 11 is 0. The molecule has 1 rings (SSSR count). The van der Waals surface area contributed by atoms with Crippen LogP contribution in [0.15, 0.2) is 16.5 Å². The van der Waals surface area contributed by atoms with Crippen LogP contribution in [0.4, 0.5) is 0 Å². The number of nitrogens with one attached hydrogen (secondary N) is 1. The third-order valence-corrected chi connectivity index (χ3v) is 2.57. The second kappa shape index (κ2) is 7.04. The molecule has 0 fully saturated rings. The van der Waals surface area contributed by atoms with Gasteiger partial charge in [0.25, 0.3) is 0 Å². The average molecular weight is 221 g/mol. The monoisotopic (exact) mass is 221 g/mol. The number of nitrogens with zero attached hydrogens (tertiary/aromatic N) is 2. The summed E-state index contributed by atoms with van der Waals surface area (Å²) < 4.78 is 5.26. The Hall–Kier alpha value is -1.31. The highest BCUT2D eigenvalue weighted by molar-refractivity contribution is 5.18. The maximum Gasteiger partial charge on any atom is 0.203 e. The van der Waals surface area contributed by atoms with E-state index in [4.69, 9.17) is 9.68 Å². The molecule has 0 aromatic carbocycles. The summed E-state index contributed by atoms with van der Waals surface area (Å²) in [5.41, 5.74) is 0. The van der Waals surface area contributed by atoms with Gasteiger partial charge in [-0.2, -0.15) is 5.26 Å². The molecular weight excluding hydrogens is 202 g/mol. The summed E-state index contributed by atoms with van der Waals surface area (Å²) in [6, 6.07) is 5.50. The van der Waals surface area contributed by atoms with E-state index in [1.807, 2.05) is 12.1 Å². The molecule has 1 aromatic heterocycles. The van der Waals surface area contributed by atoms with E-state index < -0.39 is 0 Å². The van der Waals surface area contributed by atoms with Gasteiger partial charge in [0.15, 0.2) is 0 Å². The quantitative estimate of drug-likeness (QED) is 0.710. The molecule has 0 unspecified atom stereocenters. The minimum absolute atomic E-state index is 0.376. The van der Waals surface area contributed by atoms with E-state index in [9.17, 15) is 0 Å². The summed E-state index contributed by atoms with van der Waals surface area (Å²) in [7, 11) is 0. The highest BCUT2D eigenvalue weighted by Gasteiger charge is 2.01. The van der Waals surface area contributed by atoms with Gasteiger partial charge in [-0.05, 0) is 25.2 Å². The van der Waals surface area contributed by atoms with E-state index in [1.54, 1.807) is 6.07 Å². The van der Waals surface area contributed by atoms with E-state index in [-0.39, 0.29) is 0 Å². The van der Waals surface area contributed by atoms with E-state index in [2.05, 4.69) is 24.1 Å². The number of rotatable bonds is 7. The maximum absolute atomic E-state index is 8.59. The van der Waals surface area contributed by atoms with E-state index in [1.165, 1.54) is 0 Å². The van der Waals surface area contributed by atoms with Gasteiger partial charge >= 0.3 is 0 Å². The molecule has 0 saturated carbocycles. The number of likely N-dealkylation sites (N-methyl/N-ethyl adjacent to an activating group) is 1. The molecule has 1 heterocycles. The average Bonchev–Trinajstić information content (AvgIpc) is 2.77. The van der Waals surface area contributed by atoms with Gasteiger partial charge in [0, 0.05) is 13.1 Å². The standard InChI is InChI=1S/C12H19N3O/c1-3-15(4-2)8-7-14-10-12-6-5-11(9-13)16-12/h5-6,14H,3-4,7-8,10H2,1-2H3. The second-order valence-corrected chi connectivity index (χ2v) is 3.58. The molecule has 0 atom stereocenters. The van der Waals surface area contributed by atoms with Crippen LogP contribution in [0.25, 0.3) is 0 Å². The lowest BCUT2D eigenvalue weighted by Gasteiger charge is -2.17. The molecule has 4 heteroatoms. The van der Waals surface area contributed by atoms with Crippen molar-refractivity contribution in [2.45, 2.75) is 20.4 Å². The normalized spacial score (nSPS) is 10.6. The first-order chi connectivity index (χ1) is 7.80. The molecule has 0 radical (unpaired) electrons. The number of nitriles is 1. The largest absolute Gasteiger partial charge is 0.449 e. The third-order valence-electron chi connectivity index (χ3n) is 2.57. The van der Waals surface area contributed by atoms with Gasteiger partial charge in [-0.15, -0.1) is 0 Å². The number of hydrogen-bond acceptors (Lipinski definition) is 4. The first-order valence-electron chi connectivity index (χ1n) is 5.72. The first kappa shape index (κ1) is 12.8. The van der Waals surface area contributed by atoms with Crippen molar-refractivity contribution in [2.24, 2.45) is 0 Å². The Labute approximate surface area is 96.8 Å². The summed E-state index contributed by atoms with van der Waals surface area (Å²) in [5, 5.41) is 11.9. The van der Waals surface area contributed by atoms with Gasteiger partial charge in [0.2, 0.25) is 5.76 Å². The van der Waals surface area contributed by atoms with Gasteiger partial charge in [0.1, 0.15) is 11.8 Å². The van der Waals surface area contributed by atoms with Crippen molar-refractivity contribution in [1.29, 1.82) is 5.26 Å². The second-order valence-electron chi connectivity index (χ2n) is 3.58. The predicted molar refractivity (Wildman–Crippen MR) is 62.9 cm³/mol. The van der Waals surface area contributed by atoms with Gasteiger partial charge in [0.05, 0.1) is 6.54 Å². The van der Waals surface area contributed by atoms with Crippen LogP contribution in [0.1, 0.15) is 25.4 Å². The van der Waals surface area contributed by atoms with Crippen LogP contribution in [0, 0.1) is 11.3 Å². The van der Waals surface area contributed by atoms with Crippen molar-refractivity contribution in [1.82, 2.24) is 10.2 Å². The van der Waals surface area contributed by atoms with Gasteiger partial charge in [-0.1, -0.05) is 13.8 Å². The Kier molecular flexibility index (Phi) is 5.62. The van der Waals surface area contributed by atoms with Crippen LogP contribution < -0.4 is 5.32 Å². The molecule has 0 aliphatic rings. The van der Waals surface area contributed by atoms with Crippen molar-refractivity contribution in [3.63, 3.8) is 0 Å². The Morgan fingerprint density at radius 3 is 2.69 bits per heavy atom. The number of furan rings is 1. The van der Waals surface area contributed by atoms with Crippen LogP contribution in [-0.2, 0) is 6.54 Å². The Morgan fingerprint density at radius 2 is 2.12 bits per heavy atom. The molecule has 0 aliphatic heterocycles. The fourth-order valence-electron chi connectivity index (χ4n) is 1.52. The molecule has 0 bridgehead atoms. The summed E-state index contributed by atoms with van der Waals surface area (Å²) in [4.78, 5) is 2.36. The van der Waals surface area contributed by atoms with Crippen LogP contribution in [0.3, 0.4) is 0 Å². The molecule has 0 amide bonds. The van der Waals surface area contributed by atoms with Crippen molar-refractivity contribution < 1.29 is 4.42 Å². The lowest BCUT2D eigenvalue weighted by Crippen LogP contribution is -2.31. The fourth-order valence-corrected chi connectivity index (χ4v) is 1.52. The van der Waals surface area contributed by atoms with E-state index in [0.717, 1.165) is 31.9 Å². The smallest absolute Gasteiger partial charge is 0.203 e. The Bertz CT molecular complexity index is 336.